The van der Waals surface area contributed by atoms with Gasteiger partial charge >= 0.3 is 0 Å². The third kappa shape index (κ3) is 11.4. The molecule has 0 aliphatic rings. The van der Waals surface area contributed by atoms with E-state index in [9.17, 15) is 4.79 Å². The van der Waals surface area contributed by atoms with E-state index < -0.39 is 0 Å². The summed E-state index contributed by atoms with van der Waals surface area (Å²) in [6.07, 6.45) is 2.78. The van der Waals surface area contributed by atoms with Crippen LogP contribution in [0.25, 0.3) is 0 Å². The Morgan fingerprint density at radius 2 is 1.73 bits per heavy atom. The van der Waals surface area contributed by atoms with Gasteiger partial charge in [0.15, 0.2) is 0 Å². The first kappa shape index (κ1) is 16.9. The van der Waals surface area contributed by atoms with E-state index in [1.807, 2.05) is 13.8 Å². The van der Waals surface area contributed by atoms with E-state index in [4.69, 9.17) is 0 Å². The highest BCUT2D eigenvalue weighted by Crippen LogP contribution is 2.11. The van der Waals surface area contributed by atoms with Crippen LogP contribution in [0.3, 0.4) is 0 Å². The molecule has 0 rings (SSSR count). The number of hydrogen-bond donors (Lipinski definition) is 1. The first-order valence-corrected chi connectivity index (χ1v) is 6.18. The third-order valence-electron chi connectivity index (χ3n) is 1.95. The first-order valence-electron chi connectivity index (χ1n) is 6.18. The lowest BCUT2D eigenvalue weighted by Gasteiger charge is -2.26. The molecule has 0 saturated heterocycles. The lowest BCUT2D eigenvalue weighted by Crippen LogP contribution is -2.43. The van der Waals surface area contributed by atoms with Crippen LogP contribution < -0.4 is 5.32 Å². The quantitative estimate of drug-likeness (QED) is 0.743. The molecule has 2 nitrogen and oxygen atoms in total. The molecule has 1 N–H and O–H groups in total. The molecule has 0 atom stereocenters. The van der Waals surface area contributed by atoms with Crippen LogP contribution in [-0.2, 0) is 4.79 Å². The van der Waals surface area contributed by atoms with E-state index in [1.165, 1.54) is 0 Å². The van der Waals surface area contributed by atoms with Crippen molar-refractivity contribution in [2.45, 2.75) is 73.3 Å². The van der Waals surface area contributed by atoms with Gasteiger partial charge < -0.3 is 5.32 Å². The topological polar surface area (TPSA) is 29.1 Å². The van der Waals surface area contributed by atoms with Gasteiger partial charge in [-0.15, -0.1) is 0 Å². The van der Waals surface area contributed by atoms with Crippen LogP contribution in [0, 0.1) is 5.92 Å². The zero-order valence-corrected chi connectivity index (χ0v) is 11.6. The molecule has 0 fully saturated rings. The van der Waals surface area contributed by atoms with Crippen molar-refractivity contribution < 1.29 is 4.79 Å². The molecule has 0 saturated carbocycles. The highest BCUT2D eigenvalue weighted by atomic mass is 16.1. The second-order valence-corrected chi connectivity index (χ2v) is 4.78. The van der Waals surface area contributed by atoms with Gasteiger partial charge in [0.25, 0.3) is 0 Å². The Labute approximate surface area is 95.8 Å². The number of carbonyl (C=O) groups excluding carboxylic acids is 1. The summed E-state index contributed by atoms with van der Waals surface area (Å²) in [5.41, 5.74) is -0.0409. The van der Waals surface area contributed by atoms with E-state index in [-0.39, 0.29) is 11.4 Å². The van der Waals surface area contributed by atoms with Gasteiger partial charge in [0.2, 0.25) is 5.91 Å². The molecule has 0 bridgehead atoms. The van der Waals surface area contributed by atoms with Crippen LogP contribution in [0.5, 0.6) is 0 Å². The molecule has 0 aromatic heterocycles. The molecule has 0 aromatic carbocycles. The SMILES string of the molecule is CC.CCCC(C)(C)NC(=O)CC(C)C. The molecular formula is C13H29NO. The van der Waals surface area contributed by atoms with Gasteiger partial charge in [0.05, 0.1) is 0 Å². The number of nitrogens with one attached hydrogen (secondary N) is 1. The average Bonchev–Trinajstić information content (AvgIpc) is 2.04. The Kier molecular flexibility index (Phi) is 9.85. The summed E-state index contributed by atoms with van der Waals surface area (Å²) in [7, 11) is 0. The summed E-state index contributed by atoms with van der Waals surface area (Å²) in [5, 5.41) is 3.05. The van der Waals surface area contributed by atoms with E-state index in [2.05, 4.69) is 39.9 Å². The van der Waals surface area contributed by atoms with Gasteiger partial charge in [-0.25, -0.2) is 0 Å². The van der Waals surface area contributed by atoms with Crippen molar-refractivity contribution in [3.05, 3.63) is 0 Å². The van der Waals surface area contributed by atoms with Crippen molar-refractivity contribution in [1.29, 1.82) is 0 Å². The minimum atomic E-state index is -0.0409. The molecule has 0 aliphatic carbocycles. The summed E-state index contributed by atoms with van der Waals surface area (Å²) in [4.78, 5) is 11.4. The van der Waals surface area contributed by atoms with E-state index in [0.29, 0.717) is 12.3 Å². The number of rotatable bonds is 5. The van der Waals surface area contributed by atoms with Crippen LogP contribution >= 0.6 is 0 Å². The Hall–Kier alpha value is -0.530. The standard InChI is InChI=1S/C11H23NO.C2H6/c1-6-7-11(4,5)12-10(13)8-9(2)3;1-2/h9H,6-8H2,1-5H3,(H,12,13);1-2H3. The second-order valence-electron chi connectivity index (χ2n) is 4.78. The van der Waals surface area contributed by atoms with Gasteiger partial charge in [-0.3, -0.25) is 4.79 Å². The predicted molar refractivity (Wildman–Crippen MR) is 67.9 cm³/mol. The first-order chi connectivity index (χ1) is 6.87. The minimum Gasteiger partial charge on any atom is -0.351 e. The number of hydrogen-bond acceptors (Lipinski definition) is 1. The van der Waals surface area contributed by atoms with Gasteiger partial charge in [0, 0.05) is 12.0 Å². The molecule has 2 heteroatoms. The van der Waals surface area contributed by atoms with Crippen molar-refractivity contribution >= 4 is 5.91 Å². The van der Waals surface area contributed by atoms with Crippen molar-refractivity contribution in [2.75, 3.05) is 0 Å². The van der Waals surface area contributed by atoms with Crippen molar-refractivity contribution in [3.8, 4) is 0 Å². The van der Waals surface area contributed by atoms with E-state index in [1.54, 1.807) is 0 Å². The zero-order chi connectivity index (χ0) is 12.5. The predicted octanol–water partition coefficient (Wildman–Crippen LogP) is 3.75. The van der Waals surface area contributed by atoms with Gasteiger partial charge in [-0.05, 0) is 26.2 Å². The Morgan fingerprint density at radius 3 is 2.07 bits per heavy atom. The summed E-state index contributed by atoms with van der Waals surface area (Å²) in [6, 6.07) is 0. The number of carbonyl (C=O) groups is 1. The van der Waals surface area contributed by atoms with Crippen LogP contribution in [0.1, 0.15) is 67.7 Å². The Balaban J connectivity index is 0. The monoisotopic (exact) mass is 215 g/mol. The molecule has 0 aliphatic heterocycles. The maximum Gasteiger partial charge on any atom is 0.220 e. The maximum atomic E-state index is 11.4. The van der Waals surface area contributed by atoms with Crippen LogP contribution in [0.4, 0.5) is 0 Å². The molecule has 0 heterocycles. The maximum absolute atomic E-state index is 11.4. The molecule has 1 amide bonds. The lowest BCUT2D eigenvalue weighted by atomic mass is 9.98. The molecular weight excluding hydrogens is 186 g/mol. The van der Waals surface area contributed by atoms with E-state index in [0.717, 1.165) is 12.8 Å². The van der Waals surface area contributed by atoms with E-state index >= 15 is 0 Å². The molecule has 0 radical (unpaired) electrons. The highest BCUT2D eigenvalue weighted by molar-refractivity contribution is 5.76. The fourth-order valence-electron chi connectivity index (χ4n) is 1.49. The van der Waals surface area contributed by atoms with Gasteiger partial charge in [0.1, 0.15) is 0 Å². The van der Waals surface area contributed by atoms with Crippen LogP contribution in [-0.4, -0.2) is 11.4 Å². The summed E-state index contributed by atoms with van der Waals surface area (Å²) >= 11 is 0. The fourth-order valence-corrected chi connectivity index (χ4v) is 1.49. The smallest absolute Gasteiger partial charge is 0.220 e. The third-order valence-corrected chi connectivity index (χ3v) is 1.95. The lowest BCUT2D eigenvalue weighted by molar-refractivity contribution is -0.123. The number of amides is 1. The normalized spacial score (nSPS) is 10.7. The van der Waals surface area contributed by atoms with Crippen LogP contribution in [0.15, 0.2) is 0 Å². The van der Waals surface area contributed by atoms with Crippen LogP contribution in [0.2, 0.25) is 0 Å². The second kappa shape index (κ2) is 8.75. The molecule has 0 unspecified atom stereocenters. The average molecular weight is 215 g/mol. The molecule has 0 aromatic rings. The van der Waals surface area contributed by atoms with Crippen molar-refractivity contribution in [3.63, 3.8) is 0 Å². The van der Waals surface area contributed by atoms with Gasteiger partial charge in [-0.2, -0.15) is 0 Å². The summed E-state index contributed by atoms with van der Waals surface area (Å²) < 4.78 is 0. The van der Waals surface area contributed by atoms with Crippen molar-refractivity contribution in [2.24, 2.45) is 5.92 Å². The zero-order valence-electron chi connectivity index (χ0n) is 11.6. The van der Waals surface area contributed by atoms with Gasteiger partial charge in [-0.1, -0.05) is 41.0 Å². The highest BCUT2D eigenvalue weighted by Gasteiger charge is 2.19. The van der Waals surface area contributed by atoms with Crippen molar-refractivity contribution in [1.82, 2.24) is 5.32 Å². The fraction of sp³-hybridized carbons (Fsp3) is 0.923. The largest absolute Gasteiger partial charge is 0.351 e. The Morgan fingerprint density at radius 1 is 1.27 bits per heavy atom. The summed E-state index contributed by atoms with van der Waals surface area (Å²) in [6.45, 7) is 14.4. The summed E-state index contributed by atoms with van der Waals surface area (Å²) in [5.74, 6) is 0.617. The molecule has 15 heavy (non-hydrogen) atoms. The molecule has 92 valence electrons. The Bertz CT molecular complexity index is 162. The molecule has 0 spiro atoms. The minimum absolute atomic E-state index is 0.0409.